The minimum Gasteiger partial charge on any atom is -0.381 e. The van der Waals surface area contributed by atoms with Gasteiger partial charge in [-0.3, -0.25) is 0 Å². The van der Waals surface area contributed by atoms with Crippen LogP contribution in [0.15, 0.2) is 4.52 Å². The summed E-state index contributed by atoms with van der Waals surface area (Å²) in [6.45, 7) is 3.22. The van der Waals surface area contributed by atoms with Crippen LogP contribution in [0.2, 0.25) is 0 Å². The largest absolute Gasteiger partial charge is 0.381 e. The number of nitrogens with one attached hydrogen (secondary N) is 2. The van der Waals surface area contributed by atoms with E-state index >= 15 is 0 Å². The number of ether oxygens (including phenoxy) is 1. The van der Waals surface area contributed by atoms with E-state index in [1.165, 1.54) is 25.7 Å². The molecule has 2 aliphatic carbocycles. The number of hydrogen-bond acceptors (Lipinski definition) is 5. The van der Waals surface area contributed by atoms with Crippen LogP contribution in [0.5, 0.6) is 0 Å². The van der Waals surface area contributed by atoms with Gasteiger partial charge in [-0.1, -0.05) is 5.16 Å². The van der Waals surface area contributed by atoms with Crippen LogP contribution in [-0.2, 0) is 4.74 Å². The molecule has 7 nitrogen and oxygen atoms in total. The van der Waals surface area contributed by atoms with Crippen LogP contribution >= 0.6 is 0 Å². The highest BCUT2D eigenvalue weighted by molar-refractivity contribution is 5.74. The fourth-order valence-electron chi connectivity index (χ4n) is 3.74. The van der Waals surface area contributed by atoms with E-state index in [0.29, 0.717) is 42.8 Å². The molecule has 2 amide bonds. The van der Waals surface area contributed by atoms with Crippen molar-refractivity contribution in [3.05, 3.63) is 11.7 Å². The van der Waals surface area contributed by atoms with Gasteiger partial charge in [-0.15, -0.1) is 0 Å². The zero-order valence-electron chi connectivity index (χ0n) is 14.2. The van der Waals surface area contributed by atoms with Gasteiger partial charge < -0.3 is 19.9 Å². The van der Waals surface area contributed by atoms with Gasteiger partial charge in [-0.05, 0) is 63.2 Å². The molecule has 2 saturated carbocycles. The molecule has 24 heavy (non-hydrogen) atoms. The maximum absolute atomic E-state index is 12.6. The Balaban J connectivity index is 1.43. The van der Waals surface area contributed by atoms with E-state index in [0.717, 1.165) is 12.8 Å². The number of aryl methyl sites for hydroxylation is 1. The van der Waals surface area contributed by atoms with Crippen molar-refractivity contribution in [1.82, 2.24) is 20.8 Å². The monoisotopic (exact) mass is 334 g/mol. The normalized spacial score (nSPS) is 23.2. The molecule has 2 heterocycles. The van der Waals surface area contributed by atoms with E-state index in [1.54, 1.807) is 6.92 Å². The predicted octanol–water partition coefficient (Wildman–Crippen LogP) is 2.33. The lowest BCUT2D eigenvalue weighted by atomic mass is 9.91. The van der Waals surface area contributed by atoms with Gasteiger partial charge in [0.25, 0.3) is 0 Å². The zero-order chi connectivity index (χ0) is 16.5. The maximum Gasteiger partial charge on any atom is 0.315 e. The van der Waals surface area contributed by atoms with Crippen molar-refractivity contribution >= 4 is 6.03 Å². The average molecular weight is 334 g/mol. The Morgan fingerprint density at radius 2 is 1.71 bits per heavy atom. The number of nitrogens with zero attached hydrogens (tertiary/aromatic N) is 2. The number of carbonyl (C=O) groups is 1. The third-order valence-electron chi connectivity index (χ3n) is 5.39. The molecule has 3 fully saturated rings. The van der Waals surface area contributed by atoms with Crippen LogP contribution in [0, 0.1) is 24.7 Å². The molecular formula is C17H26N4O3. The second-order valence-electron chi connectivity index (χ2n) is 7.43. The van der Waals surface area contributed by atoms with Gasteiger partial charge in [0.1, 0.15) is 6.04 Å². The number of carbonyl (C=O) groups excluding carboxylic acids is 1. The standard InChI is InChI=1S/C17H26N4O3/c1-10-18-16(24-21-10)15(13-6-8-23-9-7-13)20-17(22)19-14(11-2-3-11)12-4-5-12/h11-15H,2-9H2,1H3,(H2,19,20,22). The molecule has 1 aromatic heterocycles. The molecule has 0 spiro atoms. The topological polar surface area (TPSA) is 89.3 Å². The van der Waals surface area contributed by atoms with Crippen molar-refractivity contribution in [3.63, 3.8) is 0 Å². The summed E-state index contributed by atoms with van der Waals surface area (Å²) in [6, 6.07) is -0.00920. The molecule has 132 valence electrons. The first-order chi connectivity index (χ1) is 11.7. The highest BCUT2D eigenvalue weighted by Gasteiger charge is 2.42. The first kappa shape index (κ1) is 15.9. The van der Waals surface area contributed by atoms with Crippen LogP contribution in [0.25, 0.3) is 0 Å². The number of urea groups is 1. The summed E-state index contributed by atoms with van der Waals surface area (Å²) < 4.78 is 10.8. The molecule has 2 N–H and O–H groups in total. The first-order valence-electron chi connectivity index (χ1n) is 9.15. The summed E-state index contributed by atoms with van der Waals surface area (Å²) in [7, 11) is 0. The Hall–Kier alpha value is -1.63. The molecule has 1 aromatic rings. The molecule has 0 aromatic carbocycles. The van der Waals surface area contributed by atoms with E-state index in [2.05, 4.69) is 20.8 Å². The Kier molecular flexibility index (Phi) is 4.43. The van der Waals surface area contributed by atoms with Crippen LogP contribution in [0.3, 0.4) is 0 Å². The van der Waals surface area contributed by atoms with E-state index in [9.17, 15) is 4.79 Å². The summed E-state index contributed by atoms with van der Waals surface area (Å²) in [6.07, 6.45) is 6.75. The quantitative estimate of drug-likeness (QED) is 0.833. The Bertz CT molecular complexity index is 564. The highest BCUT2D eigenvalue weighted by Crippen LogP contribution is 2.44. The zero-order valence-corrected chi connectivity index (χ0v) is 14.2. The SMILES string of the molecule is Cc1noc(C(NC(=O)NC(C2CC2)C2CC2)C2CCOCC2)n1. The van der Waals surface area contributed by atoms with Crippen molar-refractivity contribution in [2.75, 3.05) is 13.2 Å². The lowest BCUT2D eigenvalue weighted by Gasteiger charge is -2.29. The molecule has 4 rings (SSSR count). The van der Waals surface area contributed by atoms with Crippen molar-refractivity contribution in [3.8, 4) is 0 Å². The Labute approximate surface area is 141 Å². The van der Waals surface area contributed by atoms with Gasteiger partial charge in [0, 0.05) is 19.3 Å². The van der Waals surface area contributed by atoms with E-state index in [4.69, 9.17) is 9.26 Å². The summed E-state index contributed by atoms with van der Waals surface area (Å²) in [5.41, 5.74) is 0. The van der Waals surface area contributed by atoms with Crippen molar-refractivity contribution in [1.29, 1.82) is 0 Å². The molecule has 1 atom stereocenters. The number of aromatic nitrogens is 2. The van der Waals surface area contributed by atoms with Crippen LogP contribution in [0.1, 0.15) is 56.3 Å². The van der Waals surface area contributed by atoms with Crippen molar-refractivity contribution in [2.45, 2.75) is 57.5 Å². The molecule has 0 bridgehead atoms. The molecule has 1 unspecified atom stereocenters. The van der Waals surface area contributed by atoms with Crippen LogP contribution in [0.4, 0.5) is 4.79 Å². The molecule has 0 radical (unpaired) electrons. The van der Waals surface area contributed by atoms with Crippen molar-refractivity contribution in [2.24, 2.45) is 17.8 Å². The second kappa shape index (κ2) is 6.70. The van der Waals surface area contributed by atoms with Gasteiger partial charge in [0.2, 0.25) is 5.89 Å². The van der Waals surface area contributed by atoms with E-state index in [1.807, 2.05) is 0 Å². The fourth-order valence-corrected chi connectivity index (χ4v) is 3.74. The highest BCUT2D eigenvalue weighted by atomic mass is 16.5. The van der Waals surface area contributed by atoms with E-state index in [-0.39, 0.29) is 18.0 Å². The predicted molar refractivity (Wildman–Crippen MR) is 86.2 cm³/mol. The Morgan fingerprint density at radius 1 is 1.04 bits per heavy atom. The minimum absolute atomic E-state index is 0.105. The minimum atomic E-state index is -0.242. The van der Waals surface area contributed by atoms with Gasteiger partial charge in [-0.25, -0.2) is 4.79 Å². The molecular weight excluding hydrogens is 308 g/mol. The van der Waals surface area contributed by atoms with Gasteiger partial charge in [0.05, 0.1) is 0 Å². The summed E-state index contributed by atoms with van der Waals surface area (Å²) in [4.78, 5) is 17.0. The van der Waals surface area contributed by atoms with E-state index < -0.39 is 0 Å². The number of amides is 2. The van der Waals surface area contributed by atoms with Crippen LogP contribution < -0.4 is 10.6 Å². The van der Waals surface area contributed by atoms with Gasteiger partial charge in [0.15, 0.2) is 5.82 Å². The molecule has 7 heteroatoms. The summed E-state index contributed by atoms with van der Waals surface area (Å²) >= 11 is 0. The third-order valence-corrected chi connectivity index (χ3v) is 5.39. The number of hydrogen-bond donors (Lipinski definition) is 2. The molecule has 1 saturated heterocycles. The average Bonchev–Trinajstić information content (AvgIpc) is 3.51. The summed E-state index contributed by atoms with van der Waals surface area (Å²) in [5, 5.41) is 10.2. The lowest BCUT2D eigenvalue weighted by Crippen LogP contribution is -2.47. The smallest absolute Gasteiger partial charge is 0.315 e. The maximum atomic E-state index is 12.6. The lowest BCUT2D eigenvalue weighted by molar-refractivity contribution is 0.0502. The number of rotatable bonds is 6. The van der Waals surface area contributed by atoms with Crippen molar-refractivity contribution < 1.29 is 14.1 Å². The molecule has 1 aliphatic heterocycles. The first-order valence-corrected chi connectivity index (χ1v) is 9.15. The molecule has 3 aliphatic rings. The third kappa shape index (κ3) is 3.71. The van der Waals surface area contributed by atoms with Crippen LogP contribution in [-0.4, -0.2) is 35.4 Å². The second-order valence-corrected chi connectivity index (χ2v) is 7.43. The van der Waals surface area contributed by atoms with Gasteiger partial charge >= 0.3 is 6.03 Å². The fraction of sp³-hybridized carbons (Fsp3) is 0.824. The van der Waals surface area contributed by atoms with Gasteiger partial charge in [-0.2, -0.15) is 4.98 Å². The Morgan fingerprint density at radius 3 is 2.25 bits per heavy atom. The summed E-state index contributed by atoms with van der Waals surface area (Å²) in [5.74, 6) is 2.72.